The maximum atomic E-state index is 5.62. The lowest BCUT2D eigenvalue weighted by atomic mass is 10.1. The Morgan fingerprint density at radius 2 is 2.31 bits per heavy atom. The molecule has 0 fully saturated rings. The van der Waals surface area contributed by atoms with Gasteiger partial charge in [-0.1, -0.05) is 12.1 Å². The number of aryl methyl sites for hydroxylation is 2. The van der Waals surface area contributed by atoms with Gasteiger partial charge in [-0.2, -0.15) is 4.98 Å². The highest BCUT2D eigenvalue weighted by Crippen LogP contribution is 2.04. The van der Waals surface area contributed by atoms with E-state index in [0.29, 0.717) is 0 Å². The molecule has 4 heteroatoms. The third kappa shape index (κ3) is 3.55. The number of nitrogens with two attached hydrogens (primary N) is 1. The maximum Gasteiger partial charge on any atom is 0.226 e. The number of rotatable bonds is 5. The molecule has 4 nitrogen and oxygen atoms in total. The van der Waals surface area contributed by atoms with Crippen molar-refractivity contribution in [2.45, 2.75) is 45.6 Å². The van der Waals surface area contributed by atoms with Gasteiger partial charge >= 0.3 is 0 Å². The molecular formula is C9H17N3O. The van der Waals surface area contributed by atoms with Crippen molar-refractivity contribution in [3.8, 4) is 0 Å². The molecule has 0 saturated carbocycles. The molecular weight excluding hydrogens is 166 g/mol. The predicted octanol–water partition coefficient (Wildman–Crippen LogP) is 1.30. The third-order valence-electron chi connectivity index (χ3n) is 1.88. The van der Waals surface area contributed by atoms with Crippen molar-refractivity contribution in [2.24, 2.45) is 5.73 Å². The molecule has 0 bridgehead atoms. The molecule has 0 saturated heterocycles. The molecule has 2 N–H and O–H groups in total. The first-order valence-electron chi connectivity index (χ1n) is 4.79. The van der Waals surface area contributed by atoms with Gasteiger partial charge in [0.1, 0.15) is 0 Å². The van der Waals surface area contributed by atoms with E-state index >= 15 is 0 Å². The van der Waals surface area contributed by atoms with Crippen molar-refractivity contribution in [1.82, 2.24) is 10.1 Å². The van der Waals surface area contributed by atoms with Crippen molar-refractivity contribution in [3.05, 3.63) is 11.7 Å². The summed E-state index contributed by atoms with van der Waals surface area (Å²) in [5.41, 5.74) is 5.62. The summed E-state index contributed by atoms with van der Waals surface area (Å²) in [7, 11) is 0. The summed E-state index contributed by atoms with van der Waals surface area (Å²) in [4.78, 5) is 4.21. The van der Waals surface area contributed by atoms with Crippen LogP contribution in [0.2, 0.25) is 0 Å². The maximum absolute atomic E-state index is 5.62. The molecule has 0 radical (unpaired) electrons. The van der Waals surface area contributed by atoms with E-state index in [2.05, 4.69) is 10.1 Å². The summed E-state index contributed by atoms with van der Waals surface area (Å²) in [5, 5.41) is 3.82. The number of nitrogens with zero attached hydrogens (tertiary/aromatic N) is 2. The van der Waals surface area contributed by atoms with Crippen LogP contribution in [0.3, 0.4) is 0 Å². The van der Waals surface area contributed by atoms with Crippen molar-refractivity contribution >= 4 is 0 Å². The van der Waals surface area contributed by atoms with E-state index < -0.39 is 0 Å². The second kappa shape index (κ2) is 4.97. The fourth-order valence-electron chi connectivity index (χ4n) is 1.11. The molecule has 1 unspecified atom stereocenters. The van der Waals surface area contributed by atoms with E-state index in [4.69, 9.17) is 10.3 Å². The average Bonchev–Trinajstić information content (AvgIpc) is 2.52. The summed E-state index contributed by atoms with van der Waals surface area (Å²) in [6.07, 6.45) is 3.69. The molecule has 0 amide bonds. The summed E-state index contributed by atoms with van der Waals surface area (Å²) in [6.45, 7) is 4.02. The zero-order chi connectivity index (χ0) is 9.68. The SMILES string of the molecule is CCc1noc(CCCC(C)N)n1. The lowest BCUT2D eigenvalue weighted by molar-refractivity contribution is 0.368. The van der Waals surface area contributed by atoms with Gasteiger partial charge in [-0.05, 0) is 19.8 Å². The van der Waals surface area contributed by atoms with Crippen molar-refractivity contribution in [1.29, 1.82) is 0 Å². The van der Waals surface area contributed by atoms with Gasteiger partial charge in [-0.15, -0.1) is 0 Å². The van der Waals surface area contributed by atoms with Gasteiger partial charge in [0.15, 0.2) is 5.82 Å². The van der Waals surface area contributed by atoms with E-state index in [-0.39, 0.29) is 6.04 Å². The van der Waals surface area contributed by atoms with Crippen LogP contribution >= 0.6 is 0 Å². The molecule has 1 aromatic rings. The second-order valence-corrected chi connectivity index (χ2v) is 3.33. The Balaban J connectivity index is 2.28. The van der Waals surface area contributed by atoms with Gasteiger partial charge in [-0.3, -0.25) is 0 Å². The molecule has 74 valence electrons. The Hall–Kier alpha value is -0.900. The first-order chi connectivity index (χ1) is 6.22. The van der Waals surface area contributed by atoms with E-state index in [9.17, 15) is 0 Å². The van der Waals surface area contributed by atoms with Gasteiger partial charge in [0.05, 0.1) is 0 Å². The summed E-state index contributed by atoms with van der Waals surface area (Å²) in [6, 6.07) is 0.258. The molecule has 0 aliphatic heterocycles. The van der Waals surface area contributed by atoms with Gasteiger partial charge in [0, 0.05) is 18.9 Å². The van der Waals surface area contributed by atoms with Crippen LogP contribution in [0.25, 0.3) is 0 Å². The van der Waals surface area contributed by atoms with E-state index in [1.807, 2.05) is 13.8 Å². The fourth-order valence-corrected chi connectivity index (χ4v) is 1.11. The van der Waals surface area contributed by atoms with E-state index in [0.717, 1.165) is 37.4 Å². The van der Waals surface area contributed by atoms with E-state index in [1.54, 1.807) is 0 Å². The summed E-state index contributed by atoms with van der Waals surface area (Å²) >= 11 is 0. The largest absolute Gasteiger partial charge is 0.339 e. The molecule has 0 aromatic carbocycles. The third-order valence-corrected chi connectivity index (χ3v) is 1.88. The highest BCUT2D eigenvalue weighted by molar-refractivity contribution is 4.85. The van der Waals surface area contributed by atoms with Crippen molar-refractivity contribution in [2.75, 3.05) is 0 Å². The second-order valence-electron chi connectivity index (χ2n) is 3.33. The highest BCUT2D eigenvalue weighted by atomic mass is 16.5. The highest BCUT2D eigenvalue weighted by Gasteiger charge is 2.04. The van der Waals surface area contributed by atoms with Crippen LogP contribution in [-0.2, 0) is 12.8 Å². The topological polar surface area (TPSA) is 64.9 Å². The first-order valence-corrected chi connectivity index (χ1v) is 4.79. The molecule has 1 rings (SSSR count). The van der Waals surface area contributed by atoms with Gasteiger partial charge in [0.25, 0.3) is 0 Å². The summed E-state index contributed by atoms with van der Waals surface area (Å²) in [5.74, 6) is 1.52. The van der Waals surface area contributed by atoms with Gasteiger partial charge in [-0.25, -0.2) is 0 Å². The van der Waals surface area contributed by atoms with Crippen LogP contribution in [0, 0.1) is 0 Å². The van der Waals surface area contributed by atoms with Gasteiger partial charge in [0.2, 0.25) is 5.89 Å². The van der Waals surface area contributed by atoms with Crippen LogP contribution in [0.5, 0.6) is 0 Å². The van der Waals surface area contributed by atoms with Crippen molar-refractivity contribution < 1.29 is 4.52 Å². The minimum absolute atomic E-state index is 0.258. The number of aromatic nitrogens is 2. The minimum Gasteiger partial charge on any atom is -0.339 e. The molecule has 0 aliphatic carbocycles. The Morgan fingerprint density at radius 1 is 1.54 bits per heavy atom. The first kappa shape index (κ1) is 10.2. The van der Waals surface area contributed by atoms with Crippen LogP contribution in [0.4, 0.5) is 0 Å². The van der Waals surface area contributed by atoms with Crippen molar-refractivity contribution in [3.63, 3.8) is 0 Å². The monoisotopic (exact) mass is 183 g/mol. The lowest BCUT2D eigenvalue weighted by Crippen LogP contribution is -2.14. The predicted molar refractivity (Wildman–Crippen MR) is 50.3 cm³/mol. The molecule has 0 aliphatic rings. The molecule has 13 heavy (non-hydrogen) atoms. The zero-order valence-electron chi connectivity index (χ0n) is 8.29. The average molecular weight is 183 g/mol. The molecule has 1 aromatic heterocycles. The zero-order valence-corrected chi connectivity index (χ0v) is 8.29. The van der Waals surface area contributed by atoms with Crippen LogP contribution < -0.4 is 5.73 Å². The number of hydrogen-bond donors (Lipinski definition) is 1. The molecule has 1 atom stereocenters. The molecule has 0 spiro atoms. The molecule has 1 heterocycles. The van der Waals surface area contributed by atoms with Crippen LogP contribution in [0.15, 0.2) is 4.52 Å². The Kier molecular flexibility index (Phi) is 3.89. The van der Waals surface area contributed by atoms with Gasteiger partial charge < -0.3 is 10.3 Å². The normalized spacial score (nSPS) is 13.2. The van der Waals surface area contributed by atoms with Crippen LogP contribution in [-0.4, -0.2) is 16.2 Å². The van der Waals surface area contributed by atoms with E-state index in [1.165, 1.54) is 0 Å². The Bertz CT molecular complexity index is 245. The lowest BCUT2D eigenvalue weighted by Gasteiger charge is -2.00. The standard InChI is InChI=1S/C9H17N3O/c1-3-8-11-9(13-12-8)6-4-5-7(2)10/h7H,3-6,10H2,1-2H3. The summed E-state index contributed by atoms with van der Waals surface area (Å²) < 4.78 is 5.04. The smallest absolute Gasteiger partial charge is 0.226 e. The Labute approximate surface area is 78.5 Å². The number of hydrogen-bond acceptors (Lipinski definition) is 4. The van der Waals surface area contributed by atoms with Crippen LogP contribution in [0.1, 0.15) is 38.4 Å². The fraction of sp³-hybridized carbons (Fsp3) is 0.778. The quantitative estimate of drug-likeness (QED) is 0.747. The minimum atomic E-state index is 0.258. The Morgan fingerprint density at radius 3 is 2.85 bits per heavy atom.